The maximum absolute atomic E-state index is 13.5. The normalized spacial score (nSPS) is 25.1. The Bertz CT molecular complexity index is 918. The SMILES string of the molecule is COc1ccc2c(c1)N1CCN(CC(=O)N3CCOCC3)CC1C(C(=O)NCCN1CCOCC1)C2. The molecule has 0 aliphatic carbocycles. The van der Waals surface area contributed by atoms with E-state index in [4.69, 9.17) is 14.2 Å². The molecule has 3 saturated heterocycles. The standard InChI is InChI=1S/C26H39N5O5/c1-34-21-3-2-20-16-22(26(33)27-4-5-28-8-12-35-13-9-28)24-18-29(6-7-31(24)23(20)17-21)19-25(32)30-10-14-36-15-11-30/h2-3,17,22,24H,4-16,18-19H2,1H3,(H,27,33). The third-order valence-electron chi connectivity index (χ3n) is 7.90. The number of fused-ring (bicyclic) bond motifs is 3. The summed E-state index contributed by atoms with van der Waals surface area (Å²) in [6, 6.07) is 6.17. The van der Waals surface area contributed by atoms with Gasteiger partial charge < -0.3 is 29.3 Å². The highest BCUT2D eigenvalue weighted by Gasteiger charge is 2.42. The fourth-order valence-electron chi connectivity index (χ4n) is 5.80. The van der Waals surface area contributed by atoms with Gasteiger partial charge in [-0.05, 0) is 18.1 Å². The van der Waals surface area contributed by atoms with Crippen LogP contribution in [-0.4, -0.2) is 132 Å². The molecule has 1 N–H and O–H groups in total. The van der Waals surface area contributed by atoms with Gasteiger partial charge in [-0.15, -0.1) is 0 Å². The number of carbonyl (C=O) groups excluding carboxylic acids is 2. The van der Waals surface area contributed by atoms with E-state index in [1.807, 2.05) is 11.0 Å². The molecular weight excluding hydrogens is 462 g/mol. The van der Waals surface area contributed by atoms with Crippen LogP contribution in [0.5, 0.6) is 5.75 Å². The van der Waals surface area contributed by atoms with Crippen LogP contribution in [0.15, 0.2) is 18.2 Å². The zero-order valence-corrected chi connectivity index (χ0v) is 21.3. The first-order valence-corrected chi connectivity index (χ1v) is 13.2. The van der Waals surface area contributed by atoms with E-state index in [0.29, 0.717) is 52.4 Å². The number of hydrogen-bond acceptors (Lipinski definition) is 8. The highest BCUT2D eigenvalue weighted by molar-refractivity contribution is 5.82. The van der Waals surface area contributed by atoms with E-state index >= 15 is 0 Å². The molecule has 36 heavy (non-hydrogen) atoms. The molecule has 1 aromatic rings. The maximum Gasteiger partial charge on any atom is 0.236 e. The van der Waals surface area contributed by atoms with E-state index in [-0.39, 0.29) is 23.8 Å². The summed E-state index contributed by atoms with van der Waals surface area (Å²) in [6.07, 6.45) is 0.690. The second-order valence-electron chi connectivity index (χ2n) is 10.0. The molecule has 0 spiro atoms. The number of piperazine rings is 1. The molecule has 3 fully saturated rings. The monoisotopic (exact) mass is 501 g/mol. The minimum atomic E-state index is -0.170. The van der Waals surface area contributed by atoms with Crippen molar-refractivity contribution in [1.29, 1.82) is 0 Å². The molecule has 5 rings (SSSR count). The number of nitrogens with one attached hydrogen (secondary N) is 1. The van der Waals surface area contributed by atoms with Crippen LogP contribution in [-0.2, 0) is 25.5 Å². The van der Waals surface area contributed by atoms with Crippen molar-refractivity contribution in [3.63, 3.8) is 0 Å². The van der Waals surface area contributed by atoms with Gasteiger partial charge in [-0.1, -0.05) is 6.07 Å². The predicted octanol–water partition coefficient (Wildman–Crippen LogP) is -0.335. The van der Waals surface area contributed by atoms with Crippen molar-refractivity contribution in [2.45, 2.75) is 12.5 Å². The number of rotatable bonds is 7. The highest BCUT2D eigenvalue weighted by Crippen LogP contribution is 2.38. The van der Waals surface area contributed by atoms with E-state index in [2.05, 4.69) is 32.1 Å². The van der Waals surface area contributed by atoms with Gasteiger partial charge >= 0.3 is 0 Å². The van der Waals surface area contributed by atoms with Crippen molar-refractivity contribution in [1.82, 2.24) is 20.0 Å². The molecule has 0 bridgehead atoms. The summed E-state index contributed by atoms with van der Waals surface area (Å²) in [7, 11) is 1.68. The van der Waals surface area contributed by atoms with Crippen molar-refractivity contribution in [3.8, 4) is 5.75 Å². The van der Waals surface area contributed by atoms with Crippen molar-refractivity contribution >= 4 is 17.5 Å². The summed E-state index contributed by atoms with van der Waals surface area (Å²) in [5.74, 6) is 0.903. The van der Waals surface area contributed by atoms with Crippen LogP contribution in [0.1, 0.15) is 5.56 Å². The largest absolute Gasteiger partial charge is 0.497 e. The summed E-state index contributed by atoms with van der Waals surface area (Å²) in [5, 5.41) is 3.21. The maximum atomic E-state index is 13.5. The molecule has 10 nitrogen and oxygen atoms in total. The molecule has 2 amide bonds. The van der Waals surface area contributed by atoms with Gasteiger partial charge in [-0.3, -0.25) is 19.4 Å². The molecule has 4 aliphatic heterocycles. The Balaban J connectivity index is 1.27. The number of benzene rings is 1. The quantitative estimate of drug-likeness (QED) is 0.544. The summed E-state index contributed by atoms with van der Waals surface area (Å²) < 4.78 is 16.3. The molecule has 1 aromatic carbocycles. The number of amides is 2. The molecule has 4 aliphatic rings. The van der Waals surface area contributed by atoms with Gasteiger partial charge in [0.2, 0.25) is 11.8 Å². The van der Waals surface area contributed by atoms with E-state index < -0.39 is 0 Å². The molecule has 0 saturated carbocycles. The van der Waals surface area contributed by atoms with Crippen molar-refractivity contribution in [3.05, 3.63) is 23.8 Å². The molecule has 2 atom stereocenters. The molecule has 0 radical (unpaired) electrons. The minimum Gasteiger partial charge on any atom is -0.497 e. The van der Waals surface area contributed by atoms with Gasteiger partial charge in [0, 0.05) is 70.7 Å². The lowest BCUT2D eigenvalue weighted by atomic mass is 9.83. The van der Waals surface area contributed by atoms with Gasteiger partial charge in [0.15, 0.2) is 0 Å². The van der Waals surface area contributed by atoms with Crippen molar-refractivity contribution < 1.29 is 23.8 Å². The molecule has 2 unspecified atom stereocenters. The van der Waals surface area contributed by atoms with Gasteiger partial charge in [-0.2, -0.15) is 0 Å². The Morgan fingerprint density at radius 2 is 1.75 bits per heavy atom. The summed E-state index contributed by atoms with van der Waals surface area (Å²) >= 11 is 0. The molecule has 4 heterocycles. The van der Waals surface area contributed by atoms with E-state index in [1.54, 1.807) is 7.11 Å². The smallest absolute Gasteiger partial charge is 0.236 e. The van der Waals surface area contributed by atoms with Gasteiger partial charge in [0.05, 0.1) is 52.0 Å². The van der Waals surface area contributed by atoms with Crippen LogP contribution in [0.3, 0.4) is 0 Å². The first-order valence-electron chi connectivity index (χ1n) is 13.2. The third-order valence-corrected chi connectivity index (χ3v) is 7.90. The third kappa shape index (κ3) is 5.77. The Kier molecular flexibility index (Phi) is 8.25. The highest BCUT2D eigenvalue weighted by atomic mass is 16.5. The number of morpholine rings is 2. The number of anilines is 1. The minimum absolute atomic E-state index is 0.0132. The van der Waals surface area contributed by atoms with Crippen LogP contribution < -0.4 is 15.0 Å². The Labute approximate surface area is 213 Å². The second-order valence-corrected chi connectivity index (χ2v) is 10.0. The van der Waals surface area contributed by atoms with Crippen molar-refractivity contribution in [2.75, 3.05) is 104 Å². The number of nitrogens with zero attached hydrogens (tertiary/aromatic N) is 4. The first kappa shape index (κ1) is 25.3. The topological polar surface area (TPSA) is 86.8 Å². The summed E-state index contributed by atoms with van der Waals surface area (Å²) in [6.45, 7) is 9.98. The van der Waals surface area contributed by atoms with E-state index in [1.165, 1.54) is 5.56 Å². The number of hydrogen-bond donors (Lipinski definition) is 1. The van der Waals surface area contributed by atoms with Crippen LogP contribution in [0.2, 0.25) is 0 Å². The lowest BCUT2D eigenvalue weighted by molar-refractivity contribution is -0.136. The number of ether oxygens (including phenoxy) is 3. The lowest BCUT2D eigenvalue weighted by Gasteiger charge is -2.49. The molecule has 10 heteroatoms. The summed E-state index contributed by atoms with van der Waals surface area (Å²) in [4.78, 5) is 35.2. The van der Waals surface area contributed by atoms with Gasteiger partial charge in [0.1, 0.15) is 5.75 Å². The zero-order chi connectivity index (χ0) is 24.9. The Hall–Kier alpha value is -2.40. The first-order chi connectivity index (χ1) is 17.6. The van der Waals surface area contributed by atoms with Crippen LogP contribution in [0.4, 0.5) is 5.69 Å². The van der Waals surface area contributed by atoms with Gasteiger partial charge in [0.25, 0.3) is 0 Å². The van der Waals surface area contributed by atoms with Crippen LogP contribution in [0.25, 0.3) is 0 Å². The number of methoxy groups -OCH3 is 1. The fourth-order valence-corrected chi connectivity index (χ4v) is 5.80. The molecule has 0 aromatic heterocycles. The van der Waals surface area contributed by atoms with E-state index in [0.717, 1.165) is 57.4 Å². The Morgan fingerprint density at radius 1 is 1.00 bits per heavy atom. The second kappa shape index (κ2) is 11.8. The average Bonchev–Trinajstić information content (AvgIpc) is 2.93. The molecule has 198 valence electrons. The van der Waals surface area contributed by atoms with Gasteiger partial charge in [-0.25, -0.2) is 0 Å². The molecular formula is C26H39N5O5. The number of carbonyl (C=O) groups is 2. The lowest BCUT2D eigenvalue weighted by Crippen LogP contribution is -2.62. The van der Waals surface area contributed by atoms with Crippen molar-refractivity contribution in [2.24, 2.45) is 5.92 Å². The van der Waals surface area contributed by atoms with Crippen LogP contribution in [0, 0.1) is 5.92 Å². The van der Waals surface area contributed by atoms with E-state index in [9.17, 15) is 9.59 Å². The predicted molar refractivity (Wildman–Crippen MR) is 135 cm³/mol. The Morgan fingerprint density at radius 3 is 2.50 bits per heavy atom. The summed E-state index contributed by atoms with van der Waals surface area (Å²) in [5.41, 5.74) is 2.33. The fraction of sp³-hybridized carbons (Fsp3) is 0.692. The zero-order valence-electron chi connectivity index (χ0n) is 21.3. The average molecular weight is 502 g/mol. The van der Waals surface area contributed by atoms with Crippen LogP contribution >= 0.6 is 0 Å².